The van der Waals surface area contributed by atoms with Crippen LogP contribution in [0.2, 0.25) is 10.0 Å². The van der Waals surface area contributed by atoms with Crippen molar-refractivity contribution >= 4 is 40.6 Å². The average molecular weight is 473 g/mol. The van der Waals surface area contributed by atoms with Crippen molar-refractivity contribution in [3.8, 4) is 22.8 Å². The lowest BCUT2D eigenvalue weighted by Crippen LogP contribution is -2.21. The van der Waals surface area contributed by atoms with Gasteiger partial charge < -0.3 is 10.8 Å². The summed E-state index contributed by atoms with van der Waals surface area (Å²) >= 11 is 12.2. The second-order valence-electron chi connectivity index (χ2n) is 6.49. The van der Waals surface area contributed by atoms with Gasteiger partial charge in [-0.1, -0.05) is 34.5 Å². The van der Waals surface area contributed by atoms with Crippen LogP contribution >= 0.6 is 23.2 Å². The number of carbonyl (C=O) groups excluding carboxylic acids is 1. The summed E-state index contributed by atoms with van der Waals surface area (Å²) in [4.78, 5) is 12.9. The van der Waals surface area contributed by atoms with Crippen molar-refractivity contribution in [2.75, 3.05) is 5.73 Å². The quantitative estimate of drug-likeness (QED) is 0.295. The van der Waals surface area contributed by atoms with E-state index in [0.717, 1.165) is 0 Å². The van der Waals surface area contributed by atoms with E-state index in [0.29, 0.717) is 21.9 Å². The fourth-order valence-corrected chi connectivity index (χ4v) is 3.08. The Morgan fingerprint density at radius 1 is 1.16 bits per heavy atom. The van der Waals surface area contributed by atoms with Gasteiger partial charge in [0.25, 0.3) is 5.91 Å². The Bertz CT molecular complexity index is 1330. The maximum absolute atomic E-state index is 12.9. The van der Waals surface area contributed by atoms with Crippen LogP contribution in [0.15, 0.2) is 52.2 Å². The lowest BCUT2D eigenvalue weighted by molar-refractivity contribution is 0.0950. The standard InChI is InChI=1S/C19H14Cl2N8O3/c1-9(10-2-5-12(30)6-3-10)23-25-19(31)15-16(11-4-7-13(20)14(21)8-11)29(28-24-15)18-17(22)26-32-27-18/h2-8,30H,1H3,(H2,22,26)(H,25,31)/b23-9+. The molecule has 0 atom stereocenters. The van der Waals surface area contributed by atoms with Gasteiger partial charge in [0.1, 0.15) is 11.4 Å². The van der Waals surface area contributed by atoms with E-state index in [2.05, 4.69) is 35.8 Å². The molecule has 0 radical (unpaired) electrons. The maximum Gasteiger partial charge on any atom is 0.294 e. The highest BCUT2D eigenvalue weighted by Gasteiger charge is 2.25. The highest BCUT2D eigenvalue weighted by atomic mass is 35.5. The smallest absolute Gasteiger partial charge is 0.294 e. The third kappa shape index (κ3) is 4.11. The number of aromatic nitrogens is 5. The van der Waals surface area contributed by atoms with E-state index in [-0.39, 0.29) is 33.8 Å². The Labute approximate surface area is 190 Å². The number of nitrogen functional groups attached to an aromatic ring is 1. The van der Waals surface area contributed by atoms with Gasteiger partial charge in [0, 0.05) is 5.56 Å². The number of anilines is 1. The molecule has 4 N–H and O–H groups in total. The number of hydrogen-bond acceptors (Lipinski definition) is 9. The number of rotatable bonds is 5. The summed E-state index contributed by atoms with van der Waals surface area (Å²) < 4.78 is 5.84. The molecule has 4 rings (SSSR count). The van der Waals surface area contributed by atoms with Crippen molar-refractivity contribution in [3.05, 3.63) is 63.8 Å². The number of aromatic hydroxyl groups is 1. The molecule has 11 nitrogen and oxygen atoms in total. The summed E-state index contributed by atoms with van der Waals surface area (Å²) in [5.41, 5.74) is 10.1. The van der Waals surface area contributed by atoms with E-state index in [1.165, 1.54) is 16.8 Å². The summed E-state index contributed by atoms with van der Waals surface area (Å²) in [5.74, 6) is -0.536. The molecule has 2 aromatic heterocycles. The molecule has 0 spiro atoms. The predicted octanol–water partition coefficient (Wildman–Crippen LogP) is 3.07. The first kappa shape index (κ1) is 21.3. The van der Waals surface area contributed by atoms with Crippen molar-refractivity contribution in [2.24, 2.45) is 5.10 Å². The van der Waals surface area contributed by atoms with Crippen LogP contribution in [0.4, 0.5) is 5.82 Å². The fourth-order valence-electron chi connectivity index (χ4n) is 2.78. The number of carbonyl (C=O) groups is 1. The van der Waals surface area contributed by atoms with Gasteiger partial charge in [-0.05, 0) is 59.2 Å². The molecular formula is C19H14Cl2N8O3. The molecule has 0 bridgehead atoms. The van der Waals surface area contributed by atoms with Crippen LogP contribution in [-0.2, 0) is 0 Å². The minimum Gasteiger partial charge on any atom is -0.508 e. The van der Waals surface area contributed by atoms with Gasteiger partial charge in [-0.15, -0.1) is 5.10 Å². The molecule has 0 aliphatic carbocycles. The maximum atomic E-state index is 12.9. The van der Waals surface area contributed by atoms with E-state index in [1.807, 2.05) is 0 Å². The molecular weight excluding hydrogens is 459 g/mol. The second kappa shape index (κ2) is 8.65. The highest BCUT2D eigenvalue weighted by molar-refractivity contribution is 6.42. The van der Waals surface area contributed by atoms with Crippen LogP contribution in [0, 0.1) is 0 Å². The Hall–Kier alpha value is -3.96. The zero-order valence-corrected chi connectivity index (χ0v) is 17.8. The summed E-state index contributed by atoms with van der Waals surface area (Å²) in [6.45, 7) is 1.70. The SMILES string of the molecule is C/C(=N\NC(=O)c1nnn(-c2nonc2N)c1-c1ccc(Cl)c(Cl)c1)c1ccc(O)cc1. The highest BCUT2D eigenvalue weighted by Crippen LogP contribution is 2.31. The van der Waals surface area contributed by atoms with Crippen LogP contribution in [0.3, 0.4) is 0 Å². The topological polar surface area (TPSA) is 157 Å². The van der Waals surface area contributed by atoms with Gasteiger partial charge in [0.05, 0.1) is 15.8 Å². The van der Waals surface area contributed by atoms with Crippen molar-refractivity contribution in [1.29, 1.82) is 0 Å². The molecule has 0 saturated carbocycles. The summed E-state index contributed by atoms with van der Waals surface area (Å²) in [6, 6.07) is 11.1. The third-order valence-electron chi connectivity index (χ3n) is 4.38. The zero-order chi connectivity index (χ0) is 22.8. The van der Waals surface area contributed by atoms with Gasteiger partial charge in [-0.25, -0.2) is 10.1 Å². The van der Waals surface area contributed by atoms with Crippen molar-refractivity contribution < 1.29 is 14.5 Å². The lowest BCUT2D eigenvalue weighted by atomic mass is 10.1. The van der Waals surface area contributed by atoms with Crippen LogP contribution in [0.25, 0.3) is 17.1 Å². The zero-order valence-electron chi connectivity index (χ0n) is 16.3. The normalized spacial score (nSPS) is 11.5. The Kier molecular flexibility index (Phi) is 5.75. The van der Waals surface area contributed by atoms with Crippen LogP contribution in [0.1, 0.15) is 23.0 Å². The minimum atomic E-state index is -0.648. The number of benzene rings is 2. The van der Waals surface area contributed by atoms with Gasteiger partial charge >= 0.3 is 0 Å². The molecule has 1 amide bonds. The first-order valence-corrected chi connectivity index (χ1v) is 9.74. The van der Waals surface area contributed by atoms with Gasteiger partial charge in [-0.3, -0.25) is 4.79 Å². The molecule has 4 aromatic rings. The summed E-state index contributed by atoms with van der Waals surface area (Å²) in [5, 5.41) is 29.3. The second-order valence-corrected chi connectivity index (χ2v) is 7.30. The first-order valence-electron chi connectivity index (χ1n) is 8.98. The molecule has 162 valence electrons. The molecule has 0 fully saturated rings. The van der Waals surface area contributed by atoms with Crippen LogP contribution in [0.5, 0.6) is 5.75 Å². The Morgan fingerprint density at radius 3 is 2.56 bits per heavy atom. The van der Waals surface area contributed by atoms with E-state index in [1.54, 1.807) is 37.3 Å². The lowest BCUT2D eigenvalue weighted by Gasteiger charge is -2.07. The molecule has 32 heavy (non-hydrogen) atoms. The van der Waals surface area contributed by atoms with Crippen molar-refractivity contribution in [3.63, 3.8) is 0 Å². The van der Waals surface area contributed by atoms with Gasteiger partial charge in [0.15, 0.2) is 5.69 Å². The summed E-state index contributed by atoms with van der Waals surface area (Å²) in [7, 11) is 0. The average Bonchev–Trinajstić information content (AvgIpc) is 3.40. The number of nitrogens with zero attached hydrogens (tertiary/aromatic N) is 6. The van der Waals surface area contributed by atoms with Gasteiger partial charge in [0.2, 0.25) is 11.6 Å². The molecule has 13 heteroatoms. The van der Waals surface area contributed by atoms with E-state index in [4.69, 9.17) is 28.9 Å². The molecule has 0 aliphatic rings. The molecule has 2 heterocycles. The number of hydrogen-bond donors (Lipinski definition) is 3. The molecule has 2 aromatic carbocycles. The third-order valence-corrected chi connectivity index (χ3v) is 5.12. The number of halogens is 2. The number of amides is 1. The van der Waals surface area contributed by atoms with Crippen molar-refractivity contribution in [2.45, 2.75) is 6.92 Å². The summed E-state index contributed by atoms with van der Waals surface area (Å²) in [6.07, 6.45) is 0. The predicted molar refractivity (Wildman–Crippen MR) is 117 cm³/mol. The largest absolute Gasteiger partial charge is 0.508 e. The van der Waals surface area contributed by atoms with E-state index in [9.17, 15) is 9.90 Å². The van der Waals surface area contributed by atoms with Gasteiger partial charge in [-0.2, -0.15) is 9.78 Å². The molecule has 0 unspecified atom stereocenters. The fraction of sp³-hybridized carbons (Fsp3) is 0.0526. The molecule has 0 saturated heterocycles. The first-order chi connectivity index (χ1) is 15.3. The van der Waals surface area contributed by atoms with E-state index >= 15 is 0 Å². The van der Waals surface area contributed by atoms with Crippen LogP contribution < -0.4 is 11.2 Å². The number of phenolic OH excluding ortho intramolecular Hbond substituents is 1. The number of nitrogens with two attached hydrogens (primary N) is 1. The number of phenols is 1. The molecule has 0 aliphatic heterocycles. The minimum absolute atomic E-state index is 0.0430. The van der Waals surface area contributed by atoms with Crippen molar-refractivity contribution in [1.82, 2.24) is 30.7 Å². The van der Waals surface area contributed by atoms with Crippen LogP contribution in [-0.4, -0.2) is 42.0 Å². The number of hydrazone groups is 1. The number of nitrogens with one attached hydrogen (secondary N) is 1. The van der Waals surface area contributed by atoms with E-state index < -0.39 is 5.91 Å². The Balaban J connectivity index is 1.73. The Morgan fingerprint density at radius 2 is 1.91 bits per heavy atom. The monoisotopic (exact) mass is 472 g/mol.